The fourth-order valence-electron chi connectivity index (χ4n) is 2.85. The van der Waals surface area contributed by atoms with Gasteiger partial charge in [-0.15, -0.1) is 0 Å². The number of imide groups is 1. The third-order valence-electron chi connectivity index (χ3n) is 4.18. The number of carbonyl (C=O) groups is 2. The summed E-state index contributed by atoms with van der Waals surface area (Å²) in [6, 6.07) is 9.06. The molecule has 112 valence electrons. The maximum absolute atomic E-state index is 12.7. The second-order valence-electron chi connectivity index (χ2n) is 5.66. The third kappa shape index (κ3) is 2.52. The fourth-order valence-corrected chi connectivity index (χ4v) is 2.85. The van der Waals surface area contributed by atoms with Crippen molar-refractivity contribution in [3.8, 4) is 0 Å². The Hall–Kier alpha value is -1.92. The Balaban J connectivity index is 1.78. The van der Waals surface area contributed by atoms with Gasteiger partial charge in [-0.25, -0.2) is 9.69 Å². The van der Waals surface area contributed by atoms with E-state index in [2.05, 4.69) is 15.5 Å². The first-order chi connectivity index (χ1) is 10.1. The lowest BCUT2D eigenvalue weighted by Crippen LogP contribution is -2.50. The summed E-state index contributed by atoms with van der Waals surface area (Å²) in [6.07, 6.45) is 0. The summed E-state index contributed by atoms with van der Waals surface area (Å²) < 4.78 is 0. The first-order valence-corrected chi connectivity index (χ1v) is 7.24. The first-order valence-electron chi connectivity index (χ1n) is 7.24. The van der Waals surface area contributed by atoms with Crippen LogP contribution in [-0.4, -0.2) is 54.6 Å². The lowest BCUT2D eigenvalue weighted by molar-refractivity contribution is -0.132. The van der Waals surface area contributed by atoms with Gasteiger partial charge in [-0.3, -0.25) is 9.69 Å². The molecule has 1 aromatic rings. The number of carbonyl (C=O) groups excluding carboxylic acids is 2. The zero-order chi connectivity index (χ0) is 14.9. The topological polar surface area (TPSA) is 64.7 Å². The maximum Gasteiger partial charge on any atom is 0.326 e. The van der Waals surface area contributed by atoms with Crippen molar-refractivity contribution in [3.05, 3.63) is 35.9 Å². The van der Waals surface area contributed by atoms with Crippen LogP contribution in [-0.2, 0) is 10.3 Å². The number of benzene rings is 1. The summed E-state index contributed by atoms with van der Waals surface area (Å²) >= 11 is 0. The highest BCUT2D eigenvalue weighted by Crippen LogP contribution is 2.28. The highest BCUT2D eigenvalue weighted by molar-refractivity contribution is 6.07. The van der Waals surface area contributed by atoms with Crippen LogP contribution in [0.3, 0.4) is 0 Å². The van der Waals surface area contributed by atoms with Crippen LogP contribution in [0, 0.1) is 0 Å². The molecule has 2 saturated heterocycles. The monoisotopic (exact) mass is 288 g/mol. The SMILES string of the molecule is CC1(c2ccccc2)NC(=O)N(CN2CCNCC2)C1=O. The second-order valence-corrected chi connectivity index (χ2v) is 5.66. The molecule has 1 atom stereocenters. The highest BCUT2D eigenvalue weighted by Gasteiger charge is 2.49. The number of hydrogen-bond acceptors (Lipinski definition) is 4. The normalized spacial score (nSPS) is 27.0. The Morgan fingerprint density at radius 3 is 2.48 bits per heavy atom. The van der Waals surface area contributed by atoms with Gasteiger partial charge in [-0.2, -0.15) is 0 Å². The van der Waals surface area contributed by atoms with Gasteiger partial charge in [0, 0.05) is 26.2 Å². The molecule has 0 radical (unpaired) electrons. The van der Waals surface area contributed by atoms with E-state index in [1.54, 1.807) is 6.92 Å². The number of piperazine rings is 1. The van der Waals surface area contributed by atoms with Gasteiger partial charge < -0.3 is 10.6 Å². The molecular weight excluding hydrogens is 268 g/mol. The fraction of sp³-hybridized carbons (Fsp3) is 0.467. The molecule has 2 heterocycles. The van der Waals surface area contributed by atoms with E-state index in [0.29, 0.717) is 6.67 Å². The van der Waals surface area contributed by atoms with Crippen molar-refractivity contribution in [1.82, 2.24) is 20.4 Å². The Morgan fingerprint density at radius 2 is 1.81 bits per heavy atom. The average Bonchev–Trinajstić information content (AvgIpc) is 2.74. The summed E-state index contributed by atoms with van der Waals surface area (Å²) in [7, 11) is 0. The van der Waals surface area contributed by atoms with E-state index in [4.69, 9.17) is 0 Å². The van der Waals surface area contributed by atoms with Gasteiger partial charge in [0.1, 0.15) is 5.54 Å². The van der Waals surface area contributed by atoms with Crippen LogP contribution >= 0.6 is 0 Å². The van der Waals surface area contributed by atoms with Crippen LogP contribution < -0.4 is 10.6 Å². The zero-order valence-corrected chi connectivity index (χ0v) is 12.1. The van der Waals surface area contributed by atoms with E-state index in [1.165, 1.54) is 4.90 Å². The first kappa shape index (κ1) is 14.0. The second kappa shape index (κ2) is 5.46. The number of rotatable bonds is 3. The minimum Gasteiger partial charge on any atom is -0.319 e. The van der Waals surface area contributed by atoms with E-state index in [1.807, 2.05) is 30.3 Å². The van der Waals surface area contributed by atoms with Crippen molar-refractivity contribution in [2.24, 2.45) is 0 Å². The largest absolute Gasteiger partial charge is 0.326 e. The van der Waals surface area contributed by atoms with Gasteiger partial charge >= 0.3 is 6.03 Å². The van der Waals surface area contributed by atoms with Gasteiger partial charge in [0.2, 0.25) is 0 Å². The molecule has 0 bridgehead atoms. The van der Waals surface area contributed by atoms with Crippen molar-refractivity contribution in [2.75, 3.05) is 32.8 Å². The van der Waals surface area contributed by atoms with E-state index < -0.39 is 5.54 Å². The van der Waals surface area contributed by atoms with Gasteiger partial charge in [-0.05, 0) is 12.5 Å². The standard InChI is InChI=1S/C15H20N4O2/c1-15(12-5-3-2-4-6-12)13(20)19(14(21)17-15)11-18-9-7-16-8-10-18/h2-6,16H,7-11H2,1H3,(H,17,21). The minimum absolute atomic E-state index is 0.183. The van der Waals surface area contributed by atoms with Crippen LogP contribution in [0.25, 0.3) is 0 Å². The van der Waals surface area contributed by atoms with Crippen molar-refractivity contribution in [2.45, 2.75) is 12.5 Å². The van der Waals surface area contributed by atoms with Gasteiger partial charge in [0.05, 0.1) is 6.67 Å². The molecule has 0 spiro atoms. The predicted octanol–water partition coefficient (Wildman–Crippen LogP) is 0.316. The molecule has 3 rings (SSSR count). The smallest absolute Gasteiger partial charge is 0.319 e. The maximum atomic E-state index is 12.7. The molecule has 21 heavy (non-hydrogen) atoms. The highest BCUT2D eigenvalue weighted by atomic mass is 16.2. The van der Waals surface area contributed by atoms with E-state index in [-0.39, 0.29) is 11.9 Å². The number of nitrogens with one attached hydrogen (secondary N) is 2. The Morgan fingerprint density at radius 1 is 1.14 bits per heavy atom. The molecule has 6 heteroatoms. The minimum atomic E-state index is -0.966. The Kier molecular flexibility index (Phi) is 3.65. The third-order valence-corrected chi connectivity index (χ3v) is 4.18. The molecule has 1 aromatic carbocycles. The average molecular weight is 288 g/mol. The molecule has 0 aromatic heterocycles. The van der Waals surface area contributed by atoms with Crippen LogP contribution in [0.4, 0.5) is 4.79 Å². The van der Waals surface area contributed by atoms with Crippen LogP contribution in [0.2, 0.25) is 0 Å². The van der Waals surface area contributed by atoms with E-state index in [9.17, 15) is 9.59 Å². The zero-order valence-electron chi connectivity index (χ0n) is 12.1. The van der Waals surface area contributed by atoms with Crippen LogP contribution in [0.15, 0.2) is 30.3 Å². The molecule has 1 unspecified atom stereocenters. The predicted molar refractivity (Wildman–Crippen MR) is 78.5 cm³/mol. The number of amides is 3. The number of hydrogen-bond donors (Lipinski definition) is 2. The summed E-state index contributed by atoms with van der Waals surface area (Å²) in [5, 5.41) is 6.09. The molecule has 3 amide bonds. The summed E-state index contributed by atoms with van der Waals surface area (Å²) in [6.45, 7) is 5.59. The Bertz CT molecular complexity index is 542. The van der Waals surface area contributed by atoms with Gasteiger partial charge in [0.15, 0.2) is 0 Å². The lowest BCUT2D eigenvalue weighted by atomic mass is 9.92. The number of urea groups is 1. The number of nitrogens with zero attached hydrogens (tertiary/aromatic N) is 2. The Labute approximate surface area is 124 Å². The van der Waals surface area contributed by atoms with Crippen molar-refractivity contribution in [3.63, 3.8) is 0 Å². The van der Waals surface area contributed by atoms with Gasteiger partial charge in [-0.1, -0.05) is 30.3 Å². The molecule has 2 fully saturated rings. The molecule has 6 nitrogen and oxygen atoms in total. The molecule has 2 aliphatic rings. The van der Waals surface area contributed by atoms with E-state index >= 15 is 0 Å². The molecule has 0 aliphatic carbocycles. The summed E-state index contributed by atoms with van der Waals surface area (Å²) in [5.74, 6) is -0.183. The van der Waals surface area contributed by atoms with Crippen LogP contribution in [0.1, 0.15) is 12.5 Å². The van der Waals surface area contributed by atoms with Gasteiger partial charge in [0.25, 0.3) is 5.91 Å². The van der Waals surface area contributed by atoms with Crippen molar-refractivity contribution >= 4 is 11.9 Å². The molecule has 2 aliphatic heterocycles. The molecule has 2 N–H and O–H groups in total. The molecule has 0 saturated carbocycles. The summed E-state index contributed by atoms with van der Waals surface area (Å²) in [5.41, 5.74) is -0.155. The van der Waals surface area contributed by atoms with Crippen molar-refractivity contribution in [1.29, 1.82) is 0 Å². The van der Waals surface area contributed by atoms with Crippen LogP contribution in [0.5, 0.6) is 0 Å². The van der Waals surface area contributed by atoms with E-state index in [0.717, 1.165) is 31.7 Å². The van der Waals surface area contributed by atoms with Crippen molar-refractivity contribution < 1.29 is 9.59 Å². The lowest BCUT2D eigenvalue weighted by Gasteiger charge is -2.30. The molecular formula is C15H20N4O2. The summed E-state index contributed by atoms with van der Waals surface area (Å²) in [4.78, 5) is 28.3. The quantitative estimate of drug-likeness (QED) is 0.786.